The van der Waals surface area contributed by atoms with Crippen molar-refractivity contribution >= 4 is 39.4 Å². The third-order valence-electron chi connectivity index (χ3n) is 2.32. The molecule has 0 saturated carbocycles. The van der Waals surface area contributed by atoms with E-state index in [4.69, 9.17) is 0 Å². The highest BCUT2D eigenvalue weighted by molar-refractivity contribution is 9.10. The normalized spacial score (nSPS) is 10.1. The van der Waals surface area contributed by atoms with E-state index in [0.29, 0.717) is 11.4 Å². The number of rotatable bonds is 3. The van der Waals surface area contributed by atoms with E-state index in [9.17, 15) is 4.79 Å². The Labute approximate surface area is 118 Å². The molecule has 1 aromatic carbocycles. The van der Waals surface area contributed by atoms with E-state index in [1.807, 2.05) is 24.5 Å². The Hall–Kier alpha value is -1.33. The molecule has 0 aliphatic rings. The number of pyridine rings is 1. The maximum atomic E-state index is 12.0. The molecular formula is C13H11BrN2OS. The Balaban J connectivity index is 2.11. The predicted molar refractivity (Wildman–Crippen MR) is 78.1 cm³/mol. The van der Waals surface area contributed by atoms with Crippen LogP contribution in [0.15, 0.2) is 52.0 Å². The second-order valence-corrected chi connectivity index (χ2v) is 5.34. The molecule has 0 aliphatic heterocycles. The zero-order valence-corrected chi connectivity index (χ0v) is 12.1. The first-order valence-corrected chi connectivity index (χ1v) is 7.28. The number of carbonyl (C=O) groups excluding carboxylic acids is 1. The molecule has 1 N–H and O–H groups in total. The monoisotopic (exact) mass is 322 g/mol. The average molecular weight is 323 g/mol. The van der Waals surface area contributed by atoms with Crippen LogP contribution in [-0.4, -0.2) is 17.1 Å². The Kier molecular flexibility index (Phi) is 4.38. The van der Waals surface area contributed by atoms with Crippen LogP contribution < -0.4 is 5.32 Å². The van der Waals surface area contributed by atoms with Gasteiger partial charge in [0.05, 0.1) is 0 Å². The van der Waals surface area contributed by atoms with Gasteiger partial charge in [-0.25, -0.2) is 4.98 Å². The molecule has 0 saturated heterocycles. The van der Waals surface area contributed by atoms with Gasteiger partial charge in [-0.1, -0.05) is 15.9 Å². The van der Waals surface area contributed by atoms with Crippen LogP contribution >= 0.6 is 27.7 Å². The molecule has 0 unspecified atom stereocenters. The van der Waals surface area contributed by atoms with E-state index < -0.39 is 0 Å². The lowest BCUT2D eigenvalue weighted by atomic mass is 10.2. The molecule has 92 valence electrons. The molecular weight excluding hydrogens is 312 g/mol. The molecule has 0 radical (unpaired) electrons. The maximum absolute atomic E-state index is 12.0. The number of nitrogens with one attached hydrogen (secondary N) is 1. The summed E-state index contributed by atoms with van der Waals surface area (Å²) in [5.41, 5.74) is 0.620. The van der Waals surface area contributed by atoms with Gasteiger partial charge in [0.2, 0.25) is 0 Å². The van der Waals surface area contributed by atoms with E-state index in [1.54, 1.807) is 36.2 Å². The smallest absolute Gasteiger partial charge is 0.256 e. The van der Waals surface area contributed by atoms with Crippen LogP contribution in [0, 0.1) is 0 Å². The topological polar surface area (TPSA) is 42.0 Å². The summed E-state index contributed by atoms with van der Waals surface area (Å²) in [6, 6.07) is 11.0. The fourth-order valence-electron chi connectivity index (χ4n) is 1.40. The number of hydrogen-bond acceptors (Lipinski definition) is 3. The fourth-order valence-corrected chi connectivity index (χ4v) is 2.15. The Bertz CT molecular complexity index is 557. The van der Waals surface area contributed by atoms with Gasteiger partial charge in [-0.3, -0.25) is 4.79 Å². The first kappa shape index (κ1) is 13.1. The summed E-state index contributed by atoms with van der Waals surface area (Å²) < 4.78 is 0.880. The second kappa shape index (κ2) is 6.02. The van der Waals surface area contributed by atoms with E-state index >= 15 is 0 Å². The van der Waals surface area contributed by atoms with Crippen molar-refractivity contribution < 1.29 is 4.79 Å². The summed E-state index contributed by atoms with van der Waals surface area (Å²) in [6.45, 7) is 0. The SMILES string of the molecule is CSc1ccc(C(=O)Nc2cc(Br)ccn2)cc1. The van der Waals surface area contributed by atoms with Gasteiger partial charge < -0.3 is 5.32 Å². The van der Waals surface area contributed by atoms with Gasteiger partial charge in [0.25, 0.3) is 5.91 Å². The molecule has 2 aromatic rings. The number of carbonyl (C=O) groups is 1. The van der Waals surface area contributed by atoms with Crippen LogP contribution in [0.2, 0.25) is 0 Å². The lowest BCUT2D eigenvalue weighted by Gasteiger charge is -2.05. The summed E-state index contributed by atoms with van der Waals surface area (Å²) in [5.74, 6) is 0.372. The van der Waals surface area contributed by atoms with Crippen molar-refractivity contribution in [1.82, 2.24) is 4.98 Å². The molecule has 18 heavy (non-hydrogen) atoms. The largest absolute Gasteiger partial charge is 0.307 e. The Morgan fingerprint density at radius 3 is 2.61 bits per heavy atom. The van der Waals surface area contributed by atoms with E-state index in [0.717, 1.165) is 9.37 Å². The lowest BCUT2D eigenvalue weighted by Crippen LogP contribution is -2.12. The number of anilines is 1. The van der Waals surface area contributed by atoms with Crippen LogP contribution in [0.1, 0.15) is 10.4 Å². The van der Waals surface area contributed by atoms with Gasteiger partial charge in [0, 0.05) is 21.1 Å². The van der Waals surface area contributed by atoms with Gasteiger partial charge in [0.15, 0.2) is 0 Å². The number of nitrogens with zero attached hydrogens (tertiary/aromatic N) is 1. The van der Waals surface area contributed by atoms with Crippen molar-refractivity contribution in [2.75, 3.05) is 11.6 Å². The Morgan fingerprint density at radius 2 is 2.00 bits per heavy atom. The highest BCUT2D eigenvalue weighted by Crippen LogP contribution is 2.16. The minimum Gasteiger partial charge on any atom is -0.307 e. The number of amides is 1. The molecule has 3 nitrogen and oxygen atoms in total. The predicted octanol–water partition coefficient (Wildman–Crippen LogP) is 3.82. The first-order chi connectivity index (χ1) is 8.69. The number of halogens is 1. The minimum atomic E-state index is -0.159. The van der Waals surface area contributed by atoms with Crippen molar-refractivity contribution in [2.45, 2.75) is 4.90 Å². The van der Waals surface area contributed by atoms with Gasteiger partial charge >= 0.3 is 0 Å². The highest BCUT2D eigenvalue weighted by atomic mass is 79.9. The summed E-state index contributed by atoms with van der Waals surface area (Å²) in [7, 11) is 0. The van der Waals surface area contributed by atoms with Crippen LogP contribution in [-0.2, 0) is 0 Å². The average Bonchev–Trinajstić information content (AvgIpc) is 2.39. The van der Waals surface area contributed by atoms with Gasteiger partial charge in [-0.2, -0.15) is 0 Å². The Morgan fingerprint density at radius 1 is 1.28 bits per heavy atom. The van der Waals surface area contributed by atoms with Crippen molar-refractivity contribution in [1.29, 1.82) is 0 Å². The molecule has 0 bridgehead atoms. The van der Waals surface area contributed by atoms with Gasteiger partial charge in [-0.05, 0) is 42.7 Å². The molecule has 1 amide bonds. The van der Waals surface area contributed by atoms with Crippen LogP contribution in [0.25, 0.3) is 0 Å². The molecule has 5 heteroatoms. The van der Waals surface area contributed by atoms with Crippen molar-refractivity contribution in [2.24, 2.45) is 0 Å². The molecule has 2 rings (SSSR count). The molecule has 1 aromatic heterocycles. The zero-order valence-electron chi connectivity index (χ0n) is 9.68. The van der Waals surface area contributed by atoms with Gasteiger partial charge in [-0.15, -0.1) is 11.8 Å². The quantitative estimate of drug-likeness (QED) is 0.873. The summed E-state index contributed by atoms with van der Waals surface area (Å²) in [4.78, 5) is 17.2. The fraction of sp³-hybridized carbons (Fsp3) is 0.0769. The molecule has 1 heterocycles. The first-order valence-electron chi connectivity index (χ1n) is 5.26. The lowest BCUT2D eigenvalue weighted by molar-refractivity contribution is 0.102. The molecule has 0 spiro atoms. The van der Waals surface area contributed by atoms with Crippen LogP contribution in [0.5, 0.6) is 0 Å². The van der Waals surface area contributed by atoms with E-state index in [-0.39, 0.29) is 5.91 Å². The van der Waals surface area contributed by atoms with Crippen molar-refractivity contribution in [3.63, 3.8) is 0 Å². The van der Waals surface area contributed by atoms with Crippen LogP contribution in [0.4, 0.5) is 5.82 Å². The van der Waals surface area contributed by atoms with E-state index in [2.05, 4.69) is 26.2 Å². The number of thioether (sulfide) groups is 1. The molecule has 0 atom stereocenters. The minimum absolute atomic E-state index is 0.159. The van der Waals surface area contributed by atoms with Crippen molar-refractivity contribution in [3.05, 3.63) is 52.6 Å². The third-order valence-corrected chi connectivity index (χ3v) is 3.55. The molecule has 0 aliphatic carbocycles. The van der Waals surface area contributed by atoms with Gasteiger partial charge in [0.1, 0.15) is 5.82 Å². The van der Waals surface area contributed by atoms with E-state index in [1.165, 1.54) is 0 Å². The van der Waals surface area contributed by atoms with Crippen molar-refractivity contribution in [3.8, 4) is 0 Å². The second-order valence-electron chi connectivity index (χ2n) is 3.54. The summed E-state index contributed by atoms with van der Waals surface area (Å²) in [5, 5.41) is 2.75. The summed E-state index contributed by atoms with van der Waals surface area (Å²) in [6.07, 6.45) is 3.64. The maximum Gasteiger partial charge on any atom is 0.256 e. The number of aromatic nitrogens is 1. The standard InChI is InChI=1S/C13H11BrN2OS/c1-18-11-4-2-9(3-5-11)13(17)16-12-8-10(14)6-7-15-12/h2-8H,1H3,(H,15,16,17). The zero-order chi connectivity index (χ0) is 13.0. The number of hydrogen-bond donors (Lipinski definition) is 1. The number of benzene rings is 1. The highest BCUT2D eigenvalue weighted by Gasteiger charge is 2.06. The molecule has 0 fully saturated rings. The van der Waals surface area contributed by atoms with Crippen LogP contribution in [0.3, 0.4) is 0 Å². The summed E-state index contributed by atoms with van der Waals surface area (Å²) >= 11 is 4.98. The third kappa shape index (κ3) is 3.34.